The van der Waals surface area contributed by atoms with Gasteiger partial charge in [-0.3, -0.25) is 4.79 Å². The number of benzene rings is 1. The Morgan fingerprint density at radius 2 is 2.15 bits per heavy atom. The molecule has 0 spiro atoms. The zero-order valence-electron chi connectivity index (χ0n) is 15.5. The molecule has 1 amide bonds. The Kier molecular flexibility index (Phi) is 5.50. The first-order valence-electron chi connectivity index (χ1n) is 9.63. The van der Waals surface area contributed by atoms with E-state index in [1.807, 2.05) is 11.0 Å². The fraction of sp³-hybridized carbons (Fsp3) is 0.500. The SMILES string of the molecule is CCc1ccc(F)cc1C1CCN(C(=O)c2nn(I)c3c2CCNC3)CC1. The normalized spacial score (nSPS) is 17.8. The van der Waals surface area contributed by atoms with Crippen LogP contribution in [0.2, 0.25) is 0 Å². The van der Waals surface area contributed by atoms with E-state index in [4.69, 9.17) is 0 Å². The lowest BCUT2D eigenvalue weighted by molar-refractivity contribution is 0.0705. The summed E-state index contributed by atoms with van der Waals surface area (Å²) in [5.41, 5.74) is 5.14. The fourth-order valence-corrected chi connectivity index (χ4v) is 4.97. The Hall–Kier alpha value is -1.48. The maximum atomic E-state index is 13.7. The molecule has 0 atom stereocenters. The lowest BCUT2D eigenvalue weighted by Crippen LogP contribution is -2.39. The van der Waals surface area contributed by atoms with Crippen LogP contribution in [0.3, 0.4) is 0 Å². The summed E-state index contributed by atoms with van der Waals surface area (Å²) < 4.78 is 15.6. The summed E-state index contributed by atoms with van der Waals surface area (Å²) in [4.78, 5) is 15.0. The lowest BCUT2D eigenvalue weighted by Gasteiger charge is -2.33. The molecule has 1 fully saturated rings. The average molecular weight is 482 g/mol. The Balaban J connectivity index is 1.49. The molecule has 2 aliphatic heterocycles. The highest BCUT2D eigenvalue weighted by atomic mass is 127. The minimum Gasteiger partial charge on any atom is -0.337 e. The van der Waals surface area contributed by atoms with Gasteiger partial charge in [0.05, 0.1) is 28.6 Å². The second kappa shape index (κ2) is 7.87. The highest BCUT2D eigenvalue weighted by Gasteiger charge is 2.30. The van der Waals surface area contributed by atoms with E-state index in [0.717, 1.165) is 55.6 Å². The van der Waals surface area contributed by atoms with Crippen molar-refractivity contribution in [2.24, 2.45) is 0 Å². The van der Waals surface area contributed by atoms with Crippen LogP contribution in [0.25, 0.3) is 0 Å². The molecule has 2 aliphatic rings. The number of hydrogen-bond acceptors (Lipinski definition) is 3. The number of nitrogens with zero attached hydrogens (tertiary/aromatic N) is 3. The number of likely N-dealkylation sites (tertiary alicyclic amines) is 1. The molecule has 0 unspecified atom stereocenters. The Labute approximate surface area is 172 Å². The molecule has 0 aliphatic carbocycles. The van der Waals surface area contributed by atoms with Gasteiger partial charge in [-0.2, -0.15) is 5.10 Å². The third-order valence-electron chi connectivity index (χ3n) is 5.80. The predicted molar refractivity (Wildman–Crippen MR) is 111 cm³/mol. The third kappa shape index (κ3) is 3.63. The zero-order valence-corrected chi connectivity index (χ0v) is 17.6. The van der Waals surface area contributed by atoms with E-state index in [1.165, 1.54) is 5.56 Å². The number of carbonyl (C=O) groups excluding carboxylic acids is 1. The molecule has 0 bridgehead atoms. The van der Waals surface area contributed by atoms with Crippen LogP contribution in [0, 0.1) is 5.82 Å². The van der Waals surface area contributed by atoms with Gasteiger partial charge in [-0.05, 0) is 61.4 Å². The average Bonchev–Trinajstić information content (AvgIpc) is 3.04. The highest BCUT2D eigenvalue weighted by Crippen LogP contribution is 2.32. The van der Waals surface area contributed by atoms with E-state index in [-0.39, 0.29) is 11.7 Å². The number of nitrogens with one attached hydrogen (secondary N) is 1. The second-order valence-corrected chi connectivity index (χ2v) is 8.24. The van der Waals surface area contributed by atoms with Crippen molar-refractivity contribution in [3.63, 3.8) is 0 Å². The number of carbonyl (C=O) groups is 1. The summed E-state index contributed by atoms with van der Waals surface area (Å²) in [5.74, 6) is 0.186. The van der Waals surface area contributed by atoms with Gasteiger partial charge in [0.15, 0.2) is 5.69 Å². The van der Waals surface area contributed by atoms with Crippen LogP contribution in [-0.2, 0) is 19.4 Å². The molecular weight excluding hydrogens is 458 g/mol. The van der Waals surface area contributed by atoms with Gasteiger partial charge < -0.3 is 10.2 Å². The molecule has 0 radical (unpaired) electrons. The monoisotopic (exact) mass is 482 g/mol. The second-order valence-electron chi connectivity index (χ2n) is 7.32. The van der Waals surface area contributed by atoms with Gasteiger partial charge in [-0.25, -0.2) is 7.29 Å². The minimum atomic E-state index is -0.173. The summed E-state index contributed by atoms with van der Waals surface area (Å²) in [6.07, 6.45) is 3.49. The molecule has 0 saturated carbocycles. The number of rotatable bonds is 3. The molecule has 1 saturated heterocycles. The van der Waals surface area contributed by atoms with Gasteiger partial charge in [0.25, 0.3) is 5.91 Å². The van der Waals surface area contributed by atoms with Crippen molar-refractivity contribution < 1.29 is 9.18 Å². The van der Waals surface area contributed by atoms with E-state index >= 15 is 0 Å². The van der Waals surface area contributed by atoms with Crippen LogP contribution in [0.5, 0.6) is 0 Å². The van der Waals surface area contributed by atoms with Crippen molar-refractivity contribution in [1.82, 2.24) is 18.2 Å². The van der Waals surface area contributed by atoms with Gasteiger partial charge in [0, 0.05) is 25.2 Å². The number of amides is 1. The summed E-state index contributed by atoms with van der Waals surface area (Å²) in [6.45, 7) is 5.15. The molecule has 1 aromatic carbocycles. The van der Waals surface area contributed by atoms with Crippen LogP contribution in [0.4, 0.5) is 4.39 Å². The van der Waals surface area contributed by atoms with Crippen LogP contribution >= 0.6 is 22.9 Å². The van der Waals surface area contributed by atoms with Gasteiger partial charge >= 0.3 is 0 Å². The first kappa shape index (κ1) is 18.9. The van der Waals surface area contributed by atoms with Crippen LogP contribution < -0.4 is 5.32 Å². The van der Waals surface area contributed by atoms with Crippen LogP contribution in [0.1, 0.15) is 58.6 Å². The fourth-order valence-electron chi connectivity index (χ4n) is 4.29. The van der Waals surface area contributed by atoms with Crippen molar-refractivity contribution in [3.05, 3.63) is 52.1 Å². The molecule has 3 heterocycles. The van der Waals surface area contributed by atoms with Gasteiger partial charge in [0.1, 0.15) is 5.82 Å². The number of halogens is 2. The largest absolute Gasteiger partial charge is 0.337 e. The molecule has 7 heteroatoms. The van der Waals surface area contributed by atoms with Gasteiger partial charge in [-0.15, -0.1) is 0 Å². The molecule has 1 aromatic heterocycles. The van der Waals surface area contributed by atoms with Crippen LogP contribution in [-0.4, -0.2) is 38.4 Å². The Morgan fingerprint density at radius 3 is 2.89 bits per heavy atom. The molecule has 27 heavy (non-hydrogen) atoms. The number of piperidine rings is 1. The summed E-state index contributed by atoms with van der Waals surface area (Å²) in [6, 6.07) is 5.12. The summed E-state index contributed by atoms with van der Waals surface area (Å²) in [5, 5.41) is 7.84. The molecule has 2 aromatic rings. The maximum Gasteiger partial charge on any atom is 0.274 e. The first-order chi connectivity index (χ1) is 13.1. The van der Waals surface area contributed by atoms with E-state index in [9.17, 15) is 9.18 Å². The summed E-state index contributed by atoms with van der Waals surface area (Å²) >= 11 is 2.15. The van der Waals surface area contributed by atoms with Gasteiger partial charge in [0.2, 0.25) is 0 Å². The van der Waals surface area contributed by atoms with Crippen LogP contribution in [0.15, 0.2) is 18.2 Å². The number of fused-ring (bicyclic) bond motifs is 1. The maximum absolute atomic E-state index is 13.7. The van der Waals surface area contributed by atoms with Crippen molar-refractivity contribution in [2.75, 3.05) is 19.6 Å². The van der Waals surface area contributed by atoms with Crippen molar-refractivity contribution in [1.29, 1.82) is 0 Å². The van der Waals surface area contributed by atoms with Crippen molar-refractivity contribution in [2.45, 2.75) is 45.1 Å². The Morgan fingerprint density at radius 1 is 1.37 bits per heavy atom. The molecular formula is C20H24FIN4O. The van der Waals surface area contributed by atoms with E-state index in [2.05, 4.69) is 40.2 Å². The highest BCUT2D eigenvalue weighted by molar-refractivity contribution is 14.1. The molecule has 5 nitrogen and oxygen atoms in total. The van der Waals surface area contributed by atoms with Crippen molar-refractivity contribution in [3.8, 4) is 0 Å². The third-order valence-corrected chi connectivity index (χ3v) is 6.60. The molecule has 1 N–H and O–H groups in total. The number of aromatic nitrogens is 2. The molecule has 144 valence electrons. The number of hydrogen-bond donors (Lipinski definition) is 1. The minimum absolute atomic E-state index is 0.0389. The standard InChI is InChI=1S/C20H24FIN4O/c1-2-13-3-4-15(21)11-17(13)14-6-9-25(10-7-14)20(27)19-16-5-8-23-12-18(16)26(22)24-19/h3-4,11,14,23H,2,5-10,12H2,1H3. The molecule has 4 rings (SSSR count). The lowest BCUT2D eigenvalue weighted by atomic mass is 9.85. The first-order valence-corrected chi connectivity index (χ1v) is 10.6. The zero-order chi connectivity index (χ0) is 19.0. The summed E-state index contributed by atoms with van der Waals surface area (Å²) in [7, 11) is 0. The van der Waals surface area contributed by atoms with E-state index in [0.29, 0.717) is 24.7 Å². The smallest absolute Gasteiger partial charge is 0.274 e. The topological polar surface area (TPSA) is 50.2 Å². The quantitative estimate of drug-likeness (QED) is 0.683. The number of aryl methyl sites for hydroxylation is 1. The predicted octanol–water partition coefficient (Wildman–Crippen LogP) is 3.45. The van der Waals surface area contributed by atoms with E-state index < -0.39 is 0 Å². The van der Waals surface area contributed by atoms with Crippen molar-refractivity contribution >= 4 is 28.8 Å². The van der Waals surface area contributed by atoms with E-state index in [1.54, 1.807) is 15.0 Å². The van der Waals surface area contributed by atoms with Gasteiger partial charge in [-0.1, -0.05) is 13.0 Å². The Bertz CT molecular complexity index is 858.